The van der Waals surface area contributed by atoms with Crippen molar-refractivity contribution in [2.24, 2.45) is 0 Å². The summed E-state index contributed by atoms with van der Waals surface area (Å²) in [7, 11) is 0. The first-order valence-corrected chi connectivity index (χ1v) is 14.8. The topological polar surface area (TPSA) is 35.0 Å². The zero-order valence-electron chi connectivity index (χ0n) is 23.3. The van der Waals surface area contributed by atoms with Gasteiger partial charge in [-0.2, -0.15) is 0 Å². The highest BCUT2D eigenvalue weighted by Gasteiger charge is 2.05. The summed E-state index contributed by atoms with van der Waals surface area (Å²) >= 11 is 0. The normalized spacial score (nSPS) is 12.1. The predicted molar refractivity (Wildman–Crippen MR) is 157 cm³/mol. The maximum Gasteiger partial charge on any atom is 0.159 e. The van der Waals surface area contributed by atoms with E-state index in [4.69, 9.17) is 4.74 Å². The van der Waals surface area contributed by atoms with Crippen LogP contribution in [0.5, 0.6) is 0 Å². The Labute approximate surface area is 226 Å². The molecule has 0 aliphatic heterocycles. The Hall–Kier alpha value is -2.52. The van der Waals surface area contributed by atoms with Crippen LogP contribution in [-0.4, -0.2) is 16.1 Å². The van der Waals surface area contributed by atoms with Crippen molar-refractivity contribution in [3.8, 4) is 11.4 Å². The van der Waals surface area contributed by atoms with Crippen molar-refractivity contribution in [2.45, 2.75) is 116 Å². The molecule has 200 valence electrons. The zero-order valence-corrected chi connectivity index (χ0v) is 23.3. The van der Waals surface area contributed by atoms with Gasteiger partial charge >= 0.3 is 0 Å². The van der Waals surface area contributed by atoms with Gasteiger partial charge in [0.2, 0.25) is 0 Å². The van der Waals surface area contributed by atoms with E-state index >= 15 is 0 Å². The first kappa shape index (κ1) is 29.0. The lowest BCUT2D eigenvalue weighted by atomic mass is 10.0. The van der Waals surface area contributed by atoms with Crippen molar-refractivity contribution in [3.63, 3.8) is 0 Å². The van der Waals surface area contributed by atoms with Gasteiger partial charge in [-0.1, -0.05) is 119 Å². The Kier molecular flexibility index (Phi) is 14.0. The minimum Gasteiger partial charge on any atom is -0.374 e. The Balaban J connectivity index is 1.27. The number of hydrogen-bond acceptors (Lipinski definition) is 3. The molecule has 3 rings (SSSR count). The molecule has 0 spiro atoms. The molecule has 3 aromatic rings. The second-order valence-electron chi connectivity index (χ2n) is 10.5. The molecule has 1 aromatic heterocycles. The molecule has 0 fully saturated rings. The van der Waals surface area contributed by atoms with Gasteiger partial charge in [0.25, 0.3) is 0 Å². The third-order valence-corrected chi connectivity index (χ3v) is 7.19. The van der Waals surface area contributed by atoms with E-state index in [2.05, 4.69) is 72.3 Å². The molecule has 3 heteroatoms. The summed E-state index contributed by atoms with van der Waals surface area (Å²) in [5, 5.41) is 0. The fraction of sp³-hybridized carbons (Fsp3) is 0.529. The van der Waals surface area contributed by atoms with Crippen LogP contribution < -0.4 is 0 Å². The molecule has 0 aliphatic rings. The number of aromatic nitrogens is 2. The highest BCUT2D eigenvalue weighted by molar-refractivity contribution is 5.55. The number of aryl methyl sites for hydroxylation is 2. The van der Waals surface area contributed by atoms with Crippen LogP contribution in [0.3, 0.4) is 0 Å². The standard InChI is InChI=1S/C34H48N2O/c1-3-4-5-6-7-8-9-13-18-30-22-24-33(25-23-30)34-35-26-32(27-36-34)21-16-10-12-17-29(2)37-28-31-19-14-11-15-20-31/h11,14-15,19-20,22-27,29H,3-10,12-13,16-18,21,28H2,1-2H3. The average molecular weight is 501 g/mol. The molecule has 1 unspecified atom stereocenters. The second kappa shape index (κ2) is 17.9. The van der Waals surface area contributed by atoms with Crippen LogP contribution in [-0.2, 0) is 24.2 Å². The number of nitrogens with zero attached hydrogens (tertiary/aromatic N) is 2. The Morgan fingerprint density at radius 1 is 0.622 bits per heavy atom. The fourth-order valence-electron chi connectivity index (χ4n) is 4.75. The van der Waals surface area contributed by atoms with Gasteiger partial charge in [-0.3, -0.25) is 0 Å². The lowest BCUT2D eigenvalue weighted by Crippen LogP contribution is -2.08. The largest absolute Gasteiger partial charge is 0.374 e. The van der Waals surface area contributed by atoms with Crippen molar-refractivity contribution in [3.05, 3.63) is 83.7 Å². The van der Waals surface area contributed by atoms with E-state index in [-0.39, 0.29) is 0 Å². The Bertz CT molecular complexity index is 953. The summed E-state index contributed by atoms with van der Waals surface area (Å²) in [4.78, 5) is 9.29. The smallest absolute Gasteiger partial charge is 0.159 e. The zero-order chi connectivity index (χ0) is 26.0. The minimum absolute atomic E-state index is 0.300. The number of unbranched alkanes of at least 4 members (excludes halogenated alkanes) is 9. The highest BCUT2D eigenvalue weighted by Crippen LogP contribution is 2.18. The van der Waals surface area contributed by atoms with Crippen LogP contribution in [0.15, 0.2) is 67.0 Å². The van der Waals surface area contributed by atoms with E-state index in [1.165, 1.54) is 93.7 Å². The van der Waals surface area contributed by atoms with Crippen LogP contribution >= 0.6 is 0 Å². The van der Waals surface area contributed by atoms with Crippen molar-refractivity contribution in [2.75, 3.05) is 0 Å². The fourth-order valence-corrected chi connectivity index (χ4v) is 4.75. The van der Waals surface area contributed by atoms with E-state index in [0.717, 1.165) is 24.2 Å². The number of hydrogen-bond donors (Lipinski definition) is 0. The number of ether oxygens (including phenoxy) is 1. The van der Waals surface area contributed by atoms with Crippen LogP contribution in [0.2, 0.25) is 0 Å². The van der Waals surface area contributed by atoms with Crippen molar-refractivity contribution < 1.29 is 4.74 Å². The van der Waals surface area contributed by atoms with Gasteiger partial charge in [-0.25, -0.2) is 9.97 Å². The molecule has 0 N–H and O–H groups in total. The van der Waals surface area contributed by atoms with E-state index < -0.39 is 0 Å². The molecule has 2 aromatic carbocycles. The molecular formula is C34H48N2O. The quantitative estimate of drug-likeness (QED) is 0.154. The van der Waals surface area contributed by atoms with Gasteiger partial charge in [0.15, 0.2) is 5.82 Å². The summed E-state index contributed by atoms with van der Waals surface area (Å²) < 4.78 is 5.98. The summed E-state index contributed by atoms with van der Waals surface area (Å²) in [6, 6.07) is 19.3. The average Bonchev–Trinajstić information content (AvgIpc) is 2.94. The van der Waals surface area contributed by atoms with Crippen LogP contribution in [0, 0.1) is 0 Å². The molecule has 0 radical (unpaired) electrons. The maximum absolute atomic E-state index is 5.98. The lowest BCUT2D eigenvalue weighted by Gasteiger charge is -2.13. The third-order valence-electron chi connectivity index (χ3n) is 7.19. The van der Waals surface area contributed by atoms with E-state index in [1.807, 2.05) is 18.5 Å². The van der Waals surface area contributed by atoms with Crippen LogP contribution in [0.4, 0.5) is 0 Å². The first-order valence-electron chi connectivity index (χ1n) is 14.8. The summed E-state index contributed by atoms with van der Waals surface area (Å²) in [6.45, 7) is 5.16. The molecule has 0 aliphatic carbocycles. The van der Waals surface area contributed by atoms with Crippen LogP contribution in [0.25, 0.3) is 11.4 Å². The molecule has 1 heterocycles. The van der Waals surface area contributed by atoms with Gasteiger partial charge in [0.05, 0.1) is 12.7 Å². The SMILES string of the molecule is CCCCCCCCCCc1ccc(-c2ncc(CCCCCC(C)OCc3ccccc3)cn2)cc1. The second-order valence-corrected chi connectivity index (χ2v) is 10.5. The third kappa shape index (κ3) is 12.0. The van der Waals surface area contributed by atoms with E-state index in [0.29, 0.717) is 12.7 Å². The summed E-state index contributed by atoms with van der Waals surface area (Å²) in [5.74, 6) is 0.826. The molecule has 1 atom stereocenters. The minimum atomic E-state index is 0.300. The molecule has 0 bridgehead atoms. The van der Waals surface area contributed by atoms with E-state index in [9.17, 15) is 0 Å². The maximum atomic E-state index is 5.98. The molecule has 0 saturated carbocycles. The summed E-state index contributed by atoms with van der Waals surface area (Å²) in [6.07, 6.45) is 22.2. The first-order chi connectivity index (χ1) is 18.2. The van der Waals surface area contributed by atoms with E-state index in [1.54, 1.807) is 0 Å². The molecular weight excluding hydrogens is 452 g/mol. The Morgan fingerprint density at radius 3 is 1.89 bits per heavy atom. The number of rotatable bonds is 19. The van der Waals surface area contributed by atoms with Gasteiger partial charge in [0, 0.05) is 18.0 Å². The predicted octanol–water partition coefficient (Wildman–Crippen LogP) is 9.54. The molecule has 0 saturated heterocycles. The molecule has 3 nitrogen and oxygen atoms in total. The lowest BCUT2D eigenvalue weighted by molar-refractivity contribution is 0.0459. The van der Waals surface area contributed by atoms with Crippen molar-refractivity contribution in [1.82, 2.24) is 9.97 Å². The highest BCUT2D eigenvalue weighted by atomic mass is 16.5. The van der Waals surface area contributed by atoms with Gasteiger partial charge in [-0.15, -0.1) is 0 Å². The van der Waals surface area contributed by atoms with Gasteiger partial charge < -0.3 is 4.74 Å². The molecule has 0 amide bonds. The van der Waals surface area contributed by atoms with Crippen molar-refractivity contribution >= 4 is 0 Å². The monoisotopic (exact) mass is 500 g/mol. The van der Waals surface area contributed by atoms with Crippen LogP contribution in [0.1, 0.15) is 108 Å². The van der Waals surface area contributed by atoms with Gasteiger partial charge in [-0.05, 0) is 55.7 Å². The number of benzene rings is 2. The Morgan fingerprint density at radius 2 is 1.22 bits per heavy atom. The molecule has 37 heavy (non-hydrogen) atoms. The summed E-state index contributed by atoms with van der Waals surface area (Å²) in [5.41, 5.74) is 5.00. The van der Waals surface area contributed by atoms with Gasteiger partial charge in [0.1, 0.15) is 0 Å². The van der Waals surface area contributed by atoms with Crippen molar-refractivity contribution in [1.29, 1.82) is 0 Å².